The van der Waals surface area contributed by atoms with Crippen molar-refractivity contribution in [2.45, 2.75) is 26.1 Å². The normalized spacial score (nSPS) is 13.3. The molecule has 0 saturated carbocycles. The number of ether oxygens (including phenoxy) is 2. The molecule has 0 saturated heterocycles. The summed E-state index contributed by atoms with van der Waals surface area (Å²) in [4.78, 5) is 23.6. The van der Waals surface area contributed by atoms with E-state index < -0.39 is 5.97 Å². The second-order valence-electron chi connectivity index (χ2n) is 6.93. The number of rotatable bonds is 2. The SMILES string of the molecule is [C-]#[N+]c1ccc2c(c1)CCOCc1cc(ccc1CC(=O)O)-c1nccc(n1)OC2. The van der Waals surface area contributed by atoms with Gasteiger partial charge in [-0.2, -0.15) is 4.98 Å². The Hall–Kier alpha value is -3.76. The quantitative estimate of drug-likeness (QED) is 0.654. The molecule has 30 heavy (non-hydrogen) atoms. The molecule has 4 rings (SSSR count). The summed E-state index contributed by atoms with van der Waals surface area (Å²) in [6.45, 7) is 8.30. The first-order chi connectivity index (χ1) is 14.6. The second kappa shape index (κ2) is 8.72. The summed E-state index contributed by atoms with van der Waals surface area (Å²) in [5, 5.41) is 9.22. The lowest BCUT2D eigenvalue weighted by Gasteiger charge is -2.15. The number of benzene rings is 2. The summed E-state index contributed by atoms with van der Waals surface area (Å²) in [5.41, 5.74) is 4.77. The van der Waals surface area contributed by atoms with E-state index in [0.29, 0.717) is 42.6 Å². The number of fused-ring (bicyclic) bond motifs is 6. The Bertz CT molecular complexity index is 1140. The van der Waals surface area contributed by atoms with Gasteiger partial charge in [0.15, 0.2) is 11.5 Å². The summed E-state index contributed by atoms with van der Waals surface area (Å²) in [6, 6.07) is 12.7. The number of carbonyl (C=O) groups is 1. The Balaban J connectivity index is 1.72. The number of aliphatic carboxylic acids is 1. The highest BCUT2D eigenvalue weighted by Crippen LogP contribution is 2.25. The smallest absolute Gasteiger partial charge is 0.307 e. The third-order valence-electron chi connectivity index (χ3n) is 4.90. The fraction of sp³-hybridized carbons (Fsp3) is 0.217. The van der Waals surface area contributed by atoms with Crippen molar-refractivity contribution in [1.29, 1.82) is 0 Å². The lowest BCUT2D eigenvalue weighted by Crippen LogP contribution is -2.09. The zero-order valence-corrected chi connectivity index (χ0v) is 16.2. The molecule has 0 unspecified atom stereocenters. The van der Waals surface area contributed by atoms with Crippen molar-refractivity contribution in [3.8, 4) is 17.3 Å². The van der Waals surface area contributed by atoms with Crippen LogP contribution in [0.5, 0.6) is 5.88 Å². The Morgan fingerprint density at radius 3 is 2.83 bits per heavy atom. The molecular formula is C23H19N3O4. The predicted molar refractivity (Wildman–Crippen MR) is 109 cm³/mol. The van der Waals surface area contributed by atoms with Crippen LogP contribution in [0, 0.1) is 6.57 Å². The van der Waals surface area contributed by atoms with E-state index >= 15 is 0 Å². The molecule has 4 bridgehead atoms. The molecule has 7 nitrogen and oxygen atoms in total. The van der Waals surface area contributed by atoms with Crippen LogP contribution >= 0.6 is 0 Å². The Labute approximate surface area is 173 Å². The third kappa shape index (κ3) is 4.45. The highest BCUT2D eigenvalue weighted by molar-refractivity contribution is 5.71. The van der Waals surface area contributed by atoms with Gasteiger partial charge in [-0.3, -0.25) is 4.79 Å². The average Bonchev–Trinajstić information content (AvgIpc) is 2.76. The van der Waals surface area contributed by atoms with Gasteiger partial charge in [-0.05, 0) is 34.7 Å². The van der Waals surface area contributed by atoms with Gasteiger partial charge in [0.1, 0.15) is 6.61 Å². The minimum Gasteiger partial charge on any atom is -0.481 e. The van der Waals surface area contributed by atoms with Gasteiger partial charge in [-0.25, -0.2) is 9.83 Å². The van der Waals surface area contributed by atoms with Crippen LogP contribution in [-0.2, 0) is 35.6 Å². The first-order valence-corrected chi connectivity index (χ1v) is 9.49. The Morgan fingerprint density at radius 1 is 1.10 bits per heavy atom. The van der Waals surface area contributed by atoms with E-state index in [2.05, 4.69) is 14.8 Å². The highest BCUT2D eigenvalue weighted by Gasteiger charge is 2.13. The first-order valence-electron chi connectivity index (χ1n) is 9.49. The van der Waals surface area contributed by atoms with Crippen molar-refractivity contribution < 1.29 is 19.4 Å². The monoisotopic (exact) mass is 401 g/mol. The molecule has 0 atom stereocenters. The fourth-order valence-corrected chi connectivity index (χ4v) is 3.37. The maximum absolute atomic E-state index is 11.2. The molecule has 150 valence electrons. The summed E-state index contributed by atoms with van der Waals surface area (Å²) < 4.78 is 11.8. The zero-order valence-electron chi connectivity index (χ0n) is 16.2. The van der Waals surface area contributed by atoms with Gasteiger partial charge in [-0.15, -0.1) is 0 Å². The summed E-state index contributed by atoms with van der Waals surface area (Å²) in [6.07, 6.45) is 2.17. The maximum Gasteiger partial charge on any atom is 0.307 e. The average molecular weight is 401 g/mol. The predicted octanol–water partition coefficient (Wildman–Crippen LogP) is 3.97. The highest BCUT2D eigenvalue weighted by atomic mass is 16.5. The largest absolute Gasteiger partial charge is 0.481 e. The Morgan fingerprint density at radius 2 is 2.00 bits per heavy atom. The number of carboxylic acid groups (broad SMARTS) is 1. The third-order valence-corrected chi connectivity index (χ3v) is 4.90. The van der Waals surface area contributed by atoms with E-state index in [1.807, 2.05) is 24.3 Å². The van der Waals surface area contributed by atoms with Gasteiger partial charge in [0.25, 0.3) is 0 Å². The van der Waals surface area contributed by atoms with Gasteiger partial charge in [-0.1, -0.05) is 30.3 Å². The van der Waals surface area contributed by atoms with Crippen LogP contribution in [0.1, 0.15) is 22.3 Å². The minimum absolute atomic E-state index is 0.0832. The van der Waals surface area contributed by atoms with Crippen LogP contribution in [0.4, 0.5) is 5.69 Å². The van der Waals surface area contributed by atoms with Crippen LogP contribution in [0.15, 0.2) is 48.7 Å². The molecule has 1 aliphatic heterocycles. The van der Waals surface area contributed by atoms with Gasteiger partial charge in [0.2, 0.25) is 5.88 Å². The van der Waals surface area contributed by atoms with Gasteiger partial charge in [0, 0.05) is 17.8 Å². The van der Waals surface area contributed by atoms with Crippen LogP contribution in [-0.4, -0.2) is 27.7 Å². The molecule has 1 N–H and O–H groups in total. The summed E-state index contributed by atoms with van der Waals surface area (Å²) in [5.74, 6) is 0.0478. The van der Waals surface area contributed by atoms with E-state index in [9.17, 15) is 9.90 Å². The number of aromatic nitrogens is 2. The van der Waals surface area contributed by atoms with E-state index in [4.69, 9.17) is 16.0 Å². The molecular weight excluding hydrogens is 382 g/mol. The topological polar surface area (TPSA) is 85.9 Å². The molecule has 1 aromatic heterocycles. The first kappa shape index (κ1) is 19.6. The maximum atomic E-state index is 11.2. The molecule has 2 aromatic carbocycles. The molecule has 0 radical (unpaired) electrons. The molecule has 0 aliphatic carbocycles. The summed E-state index contributed by atoms with van der Waals surface area (Å²) in [7, 11) is 0. The number of carboxylic acids is 1. The van der Waals surface area contributed by atoms with Crippen molar-refractivity contribution in [3.63, 3.8) is 0 Å². The molecule has 0 spiro atoms. The number of hydrogen-bond donors (Lipinski definition) is 1. The standard InChI is InChI=1S/C23H19N3O4/c1-24-20-5-4-18-14-30-21-6-8-25-23(26-21)17-3-2-15(12-22(27)28)19(10-17)13-29-9-7-16(18)11-20/h2-6,8,10-11H,7,9,12-14H2,(H,27,28). The van der Waals surface area contributed by atoms with Crippen molar-refractivity contribution in [2.24, 2.45) is 0 Å². The van der Waals surface area contributed by atoms with Crippen molar-refractivity contribution >= 4 is 11.7 Å². The van der Waals surface area contributed by atoms with E-state index in [1.165, 1.54) is 0 Å². The summed E-state index contributed by atoms with van der Waals surface area (Å²) >= 11 is 0. The van der Waals surface area contributed by atoms with Crippen molar-refractivity contribution in [1.82, 2.24) is 9.97 Å². The molecule has 7 heteroatoms. The number of hydrogen-bond acceptors (Lipinski definition) is 5. The van der Waals surface area contributed by atoms with Gasteiger partial charge < -0.3 is 14.6 Å². The lowest BCUT2D eigenvalue weighted by molar-refractivity contribution is -0.136. The second-order valence-corrected chi connectivity index (χ2v) is 6.93. The lowest BCUT2D eigenvalue weighted by atomic mass is 10.0. The van der Waals surface area contributed by atoms with Crippen molar-refractivity contribution in [3.05, 3.63) is 82.3 Å². The minimum atomic E-state index is -0.898. The molecule has 1 aliphatic rings. The van der Waals surface area contributed by atoms with Crippen LogP contribution in [0.25, 0.3) is 16.2 Å². The Kier molecular flexibility index (Phi) is 5.68. The van der Waals surface area contributed by atoms with Crippen LogP contribution in [0.3, 0.4) is 0 Å². The number of nitrogens with zero attached hydrogens (tertiary/aromatic N) is 3. The van der Waals surface area contributed by atoms with E-state index in [0.717, 1.165) is 22.3 Å². The van der Waals surface area contributed by atoms with E-state index in [1.54, 1.807) is 24.4 Å². The van der Waals surface area contributed by atoms with Crippen molar-refractivity contribution in [2.75, 3.05) is 6.61 Å². The molecule has 0 amide bonds. The van der Waals surface area contributed by atoms with E-state index in [-0.39, 0.29) is 13.0 Å². The van der Waals surface area contributed by atoms with Gasteiger partial charge in [0.05, 0.1) is 26.2 Å². The molecule has 0 fully saturated rings. The fourth-order valence-electron chi connectivity index (χ4n) is 3.37. The zero-order chi connectivity index (χ0) is 20.9. The van der Waals surface area contributed by atoms with Crippen LogP contribution < -0.4 is 4.74 Å². The molecule has 2 heterocycles. The van der Waals surface area contributed by atoms with Crippen LogP contribution in [0.2, 0.25) is 0 Å². The molecule has 3 aromatic rings. The van der Waals surface area contributed by atoms with Gasteiger partial charge >= 0.3 is 5.97 Å².